The number of hydrogen-bond donors (Lipinski definition) is 1. The van der Waals surface area contributed by atoms with E-state index in [2.05, 4.69) is 19.2 Å². The molecule has 0 bridgehead atoms. The maximum absolute atomic E-state index is 13.4. The summed E-state index contributed by atoms with van der Waals surface area (Å²) in [6.45, 7) is 8.07. The first kappa shape index (κ1) is 22.5. The summed E-state index contributed by atoms with van der Waals surface area (Å²) in [5.41, 5.74) is 0.669. The molecule has 0 aliphatic carbocycles. The Balaban J connectivity index is 1.57. The molecule has 1 aromatic rings. The first-order valence-electron chi connectivity index (χ1n) is 10.7. The summed E-state index contributed by atoms with van der Waals surface area (Å²) in [5.74, 6) is 2.72. The second kappa shape index (κ2) is 11.3. The van der Waals surface area contributed by atoms with Crippen molar-refractivity contribution in [2.24, 2.45) is 22.7 Å². The molecule has 0 saturated carbocycles. The molecule has 2 fully saturated rings. The number of ether oxygens (including phenoxy) is 1. The molecule has 2 saturated heterocycles. The maximum atomic E-state index is 13.4. The molecule has 3 rings (SSSR count). The van der Waals surface area contributed by atoms with Gasteiger partial charge in [0.1, 0.15) is 5.82 Å². The van der Waals surface area contributed by atoms with E-state index in [9.17, 15) is 4.39 Å². The van der Waals surface area contributed by atoms with Crippen molar-refractivity contribution in [3.63, 3.8) is 0 Å². The quantitative estimate of drug-likeness (QED) is 0.551. The SMILES string of the molecule is CCC(CN=C1SCCN1C(=S)Nc1cccc(F)c1)CC(CC)C1CCOC1. The molecular formula is C22H32FN3OS2. The Kier molecular flexibility index (Phi) is 8.75. The van der Waals surface area contributed by atoms with Gasteiger partial charge in [0.05, 0.1) is 0 Å². The highest BCUT2D eigenvalue weighted by atomic mass is 32.2. The van der Waals surface area contributed by atoms with E-state index in [1.807, 2.05) is 11.0 Å². The lowest BCUT2D eigenvalue weighted by Gasteiger charge is -2.25. The van der Waals surface area contributed by atoms with Crippen LogP contribution in [0.1, 0.15) is 39.5 Å². The summed E-state index contributed by atoms with van der Waals surface area (Å²) >= 11 is 7.32. The number of thioether (sulfide) groups is 1. The van der Waals surface area contributed by atoms with Crippen molar-refractivity contribution in [1.29, 1.82) is 0 Å². The van der Waals surface area contributed by atoms with Gasteiger partial charge in [-0.15, -0.1) is 0 Å². The van der Waals surface area contributed by atoms with Crippen molar-refractivity contribution in [2.75, 3.05) is 37.4 Å². The molecule has 4 nitrogen and oxygen atoms in total. The average molecular weight is 438 g/mol. The molecule has 2 heterocycles. The molecule has 1 aromatic carbocycles. The number of rotatable bonds is 8. The topological polar surface area (TPSA) is 36.9 Å². The van der Waals surface area contributed by atoms with Crippen LogP contribution in [0, 0.1) is 23.6 Å². The van der Waals surface area contributed by atoms with Crippen LogP contribution in [0.3, 0.4) is 0 Å². The van der Waals surface area contributed by atoms with Gasteiger partial charge in [-0.05, 0) is 61.0 Å². The zero-order valence-electron chi connectivity index (χ0n) is 17.4. The van der Waals surface area contributed by atoms with Gasteiger partial charge in [-0.1, -0.05) is 44.5 Å². The number of halogens is 1. The second-order valence-electron chi connectivity index (χ2n) is 7.87. The lowest BCUT2D eigenvalue weighted by Crippen LogP contribution is -2.35. The van der Waals surface area contributed by atoms with Crippen LogP contribution in [0.5, 0.6) is 0 Å². The fraction of sp³-hybridized carbons (Fsp3) is 0.636. The van der Waals surface area contributed by atoms with Gasteiger partial charge in [0.15, 0.2) is 10.3 Å². The molecule has 2 aliphatic rings. The minimum Gasteiger partial charge on any atom is -0.381 e. The lowest BCUT2D eigenvalue weighted by atomic mass is 9.81. The van der Waals surface area contributed by atoms with Crippen molar-refractivity contribution in [2.45, 2.75) is 39.5 Å². The van der Waals surface area contributed by atoms with Gasteiger partial charge in [0.2, 0.25) is 0 Å². The highest BCUT2D eigenvalue weighted by Crippen LogP contribution is 2.31. The molecule has 29 heavy (non-hydrogen) atoms. The number of hydrogen-bond acceptors (Lipinski definition) is 4. The number of anilines is 1. The number of benzene rings is 1. The molecule has 1 N–H and O–H groups in total. The summed E-state index contributed by atoms with van der Waals surface area (Å²) < 4.78 is 19.0. The zero-order chi connectivity index (χ0) is 20.6. The van der Waals surface area contributed by atoms with E-state index in [4.69, 9.17) is 21.9 Å². The van der Waals surface area contributed by atoms with E-state index in [1.54, 1.807) is 17.8 Å². The van der Waals surface area contributed by atoms with Gasteiger partial charge >= 0.3 is 0 Å². The number of amidine groups is 1. The number of aliphatic imine (C=N–C) groups is 1. The lowest BCUT2D eigenvalue weighted by molar-refractivity contribution is 0.162. The van der Waals surface area contributed by atoms with Crippen molar-refractivity contribution in [1.82, 2.24) is 4.90 Å². The van der Waals surface area contributed by atoms with Crippen molar-refractivity contribution < 1.29 is 9.13 Å². The Bertz CT molecular complexity index is 709. The van der Waals surface area contributed by atoms with E-state index in [0.29, 0.717) is 22.6 Å². The molecule has 3 atom stereocenters. The van der Waals surface area contributed by atoms with Gasteiger partial charge in [-0.25, -0.2) is 4.39 Å². The van der Waals surface area contributed by atoms with Crippen LogP contribution in [0.2, 0.25) is 0 Å². The van der Waals surface area contributed by atoms with E-state index in [1.165, 1.54) is 31.4 Å². The largest absolute Gasteiger partial charge is 0.381 e. The average Bonchev–Trinajstić information content (AvgIpc) is 3.40. The fourth-order valence-corrected chi connectivity index (χ4v) is 5.42. The minimum atomic E-state index is -0.272. The number of thiocarbonyl (C=S) groups is 1. The second-order valence-corrected chi connectivity index (χ2v) is 9.31. The van der Waals surface area contributed by atoms with Gasteiger partial charge in [0.25, 0.3) is 0 Å². The number of nitrogens with one attached hydrogen (secondary N) is 1. The smallest absolute Gasteiger partial charge is 0.179 e. The van der Waals surface area contributed by atoms with E-state index in [0.717, 1.165) is 49.6 Å². The molecule has 0 amide bonds. The minimum absolute atomic E-state index is 0.272. The van der Waals surface area contributed by atoms with Crippen LogP contribution in [0.25, 0.3) is 0 Å². The standard InChI is InChI=1S/C22H32FN3OS2/c1-3-16(12-17(4-2)18-8-10-27-15-18)14-24-22-26(9-11-29-22)21(28)25-20-7-5-6-19(23)13-20/h5-7,13,16-18H,3-4,8-12,14-15H2,1-2H3,(H,25,28). The molecule has 2 aliphatic heterocycles. The summed E-state index contributed by atoms with van der Waals surface area (Å²) in [5, 5.41) is 4.71. The van der Waals surface area contributed by atoms with Crippen LogP contribution in [-0.4, -0.2) is 47.2 Å². The van der Waals surface area contributed by atoms with Crippen LogP contribution in [0.4, 0.5) is 10.1 Å². The zero-order valence-corrected chi connectivity index (χ0v) is 19.0. The van der Waals surface area contributed by atoms with Crippen LogP contribution < -0.4 is 5.32 Å². The van der Waals surface area contributed by atoms with Gasteiger partial charge in [-0.3, -0.25) is 9.89 Å². The predicted molar refractivity (Wildman–Crippen MR) is 125 cm³/mol. The highest BCUT2D eigenvalue weighted by Gasteiger charge is 2.27. The van der Waals surface area contributed by atoms with Gasteiger partial charge in [-0.2, -0.15) is 0 Å². The third-order valence-electron chi connectivity index (χ3n) is 5.95. The van der Waals surface area contributed by atoms with E-state index < -0.39 is 0 Å². The monoisotopic (exact) mass is 437 g/mol. The summed E-state index contributed by atoms with van der Waals surface area (Å²) in [7, 11) is 0. The molecule has 0 spiro atoms. The predicted octanol–water partition coefficient (Wildman–Crippen LogP) is 5.41. The van der Waals surface area contributed by atoms with Gasteiger partial charge < -0.3 is 10.1 Å². The molecule has 0 aromatic heterocycles. The number of nitrogens with zero attached hydrogens (tertiary/aromatic N) is 2. The van der Waals surface area contributed by atoms with Crippen LogP contribution in [-0.2, 0) is 4.74 Å². The van der Waals surface area contributed by atoms with Gasteiger partial charge in [0, 0.05) is 37.7 Å². The Morgan fingerprint density at radius 1 is 1.41 bits per heavy atom. The maximum Gasteiger partial charge on any atom is 0.179 e. The van der Waals surface area contributed by atoms with Crippen LogP contribution >= 0.6 is 24.0 Å². The third-order valence-corrected chi connectivity index (χ3v) is 7.27. The molecule has 0 radical (unpaired) electrons. The summed E-state index contributed by atoms with van der Waals surface area (Å²) in [6.07, 6.45) is 4.77. The third kappa shape index (κ3) is 6.40. The fourth-order valence-electron chi connectivity index (χ4n) is 4.10. The van der Waals surface area contributed by atoms with Crippen molar-refractivity contribution in [3.8, 4) is 0 Å². The summed E-state index contributed by atoms with van der Waals surface area (Å²) in [4.78, 5) is 6.98. The van der Waals surface area contributed by atoms with Crippen molar-refractivity contribution in [3.05, 3.63) is 30.1 Å². The van der Waals surface area contributed by atoms with Crippen molar-refractivity contribution >= 4 is 39.9 Å². The normalized spacial score (nSPS) is 22.8. The van der Waals surface area contributed by atoms with E-state index >= 15 is 0 Å². The molecule has 3 unspecified atom stereocenters. The Hall–Kier alpha value is -1.18. The molecule has 160 valence electrons. The summed E-state index contributed by atoms with van der Waals surface area (Å²) in [6, 6.07) is 6.38. The van der Waals surface area contributed by atoms with Crippen LogP contribution in [0.15, 0.2) is 29.3 Å². The Morgan fingerprint density at radius 3 is 2.97 bits per heavy atom. The first-order valence-corrected chi connectivity index (χ1v) is 12.1. The molecular weight excluding hydrogens is 405 g/mol. The first-order chi connectivity index (χ1) is 14.1. The Morgan fingerprint density at radius 2 is 2.28 bits per heavy atom. The Labute approximate surface area is 183 Å². The molecule has 7 heteroatoms. The van der Waals surface area contributed by atoms with E-state index in [-0.39, 0.29) is 5.82 Å². The highest BCUT2D eigenvalue weighted by molar-refractivity contribution is 8.14.